The van der Waals surface area contributed by atoms with Gasteiger partial charge in [0.25, 0.3) is 0 Å². The summed E-state index contributed by atoms with van der Waals surface area (Å²) < 4.78 is 0. The summed E-state index contributed by atoms with van der Waals surface area (Å²) in [5, 5.41) is 11.9. The lowest BCUT2D eigenvalue weighted by molar-refractivity contribution is 0.0697. The van der Waals surface area contributed by atoms with E-state index in [1.54, 1.807) is 12.1 Å². The van der Waals surface area contributed by atoms with Crippen molar-refractivity contribution in [3.05, 3.63) is 108 Å². The number of benzene rings is 4. The summed E-state index contributed by atoms with van der Waals surface area (Å²) >= 11 is 0. The predicted octanol–water partition coefficient (Wildman–Crippen LogP) is 5.60. The van der Waals surface area contributed by atoms with Gasteiger partial charge in [0.15, 0.2) is 0 Å². The highest BCUT2D eigenvalue weighted by atomic mass is 16.4. The van der Waals surface area contributed by atoms with E-state index in [1.165, 1.54) is 0 Å². The van der Waals surface area contributed by atoms with E-state index in [0.717, 1.165) is 21.9 Å². The standard InChI is InChI=1S/C25H16O2/c26-25(27)23-12-6-11-20(14-13-18-7-2-1-3-8-18)24(23)22-16-15-19-9-4-5-10-21(19)17-22/h1-12,15-17H,(H,26,27). The van der Waals surface area contributed by atoms with Crippen LogP contribution >= 0.6 is 0 Å². The van der Waals surface area contributed by atoms with Crippen LogP contribution in [0.15, 0.2) is 91.0 Å². The predicted molar refractivity (Wildman–Crippen MR) is 109 cm³/mol. The van der Waals surface area contributed by atoms with Crippen LogP contribution in [0.25, 0.3) is 21.9 Å². The summed E-state index contributed by atoms with van der Waals surface area (Å²) in [6, 6.07) is 28.9. The molecule has 0 aromatic heterocycles. The molecule has 27 heavy (non-hydrogen) atoms. The van der Waals surface area contributed by atoms with Crippen LogP contribution in [0.5, 0.6) is 0 Å². The van der Waals surface area contributed by atoms with Crippen molar-refractivity contribution >= 4 is 16.7 Å². The van der Waals surface area contributed by atoms with Gasteiger partial charge in [0, 0.05) is 16.7 Å². The maximum absolute atomic E-state index is 11.8. The highest BCUT2D eigenvalue weighted by Gasteiger charge is 2.15. The highest BCUT2D eigenvalue weighted by Crippen LogP contribution is 2.30. The zero-order chi connectivity index (χ0) is 18.6. The molecule has 0 heterocycles. The van der Waals surface area contributed by atoms with Crippen molar-refractivity contribution in [1.29, 1.82) is 0 Å². The first-order valence-electron chi connectivity index (χ1n) is 8.65. The molecule has 2 heteroatoms. The molecule has 0 saturated carbocycles. The van der Waals surface area contributed by atoms with Crippen LogP contribution in [-0.2, 0) is 0 Å². The highest BCUT2D eigenvalue weighted by molar-refractivity contribution is 5.99. The lowest BCUT2D eigenvalue weighted by atomic mass is 9.92. The Morgan fingerprint density at radius 2 is 1.44 bits per heavy atom. The monoisotopic (exact) mass is 348 g/mol. The van der Waals surface area contributed by atoms with Crippen LogP contribution in [0.4, 0.5) is 0 Å². The van der Waals surface area contributed by atoms with Gasteiger partial charge in [0.1, 0.15) is 0 Å². The smallest absolute Gasteiger partial charge is 0.336 e. The van der Waals surface area contributed by atoms with Crippen LogP contribution in [0.2, 0.25) is 0 Å². The first kappa shape index (κ1) is 16.6. The molecule has 128 valence electrons. The first-order valence-corrected chi connectivity index (χ1v) is 8.65. The number of rotatable bonds is 2. The largest absolute Gasteiger partial charge is 0.478 e. The van der Waals surface area contributed by atoms with E-state index >= 15 is 0 Å². The van der Waals surface area contributed by atoms with Crippen molar-refractivity contribution in [2.45, 2.75) is 0 Å². The van der Waals surface area contributed by atoms with Crippen molar-refractivity contribution in [1.82, 2.24) is 0 Å². The maximum atomic E-state index is 11.8. The fraction of sp³-hybridized carbons (Fsp3) is 0. The topological polar surface area (TPSA) is 37.3 Å². The molecule has 0 radical (unpaired) electrons. The summed E-state index contributed by atoms with van der Waals surface area (Å²) in [7, 11) is 0. The zero-order valence-electron chi connectivity index (χ0n) is 14.5. The van der Waals surface area contributed by atoms with Gasteiger partial charge < -0.3 is 5.11 Å². The van der Waals surface area contributed by atoms with Crippen LogP contribution in [0.1, 0.15) is 21.5 Å². The molecule has 1 N–H and O–H groups in total. The van der Waals surface area contributed by atoms with Gasteiger partial charge in [-0.25, -0.2) is 4.79 Å². The van der Waals surface area contributed by atoms with Crippen molar-refractivity contribution in [3.8, 4) is 23.0 Å². The average Bonchev–Trinajstić information content (AvgIpc) is 2.72. The molecule has 0 spiro atoms. The molecule has 4 rings (SSSR count). The number of hydrogen-bond acceptors (Lipinski definition) is 1. The fourth-order valence-electron chi connectivity index (χ4n) is 3.15. The number of aromatic carboxylic acids is 1. The second-order valence-electron chi connectivity index (χ2n) is 6.21. The molecule has 0 atom stereocenters. The lowest BCUT2D eigenvalue weighted by Gasteiger charge is -2.10. The third kappa shape index (κ3) is 3.44. The van der Waals surface area contributed by atoms with Gasteiger partial charge in [-0.15, -0.1) is 0 Å². The maximum Gasteiger partial charge on any atom is 0.336 e. The van der Waals surface area contributed by atoms with E-state index in [4.69, 9.17) is 0 Å². The molecule has 0 aliphatic carbocycles. The molecule has 0 saturated heterocycles. The molecule has 0 amide bonds. The van der Waals surface area contributed by atoms with E-state index in [1.807, 2.05) is 78.9 Å². The van der Waals surface area contributed by atoms with Crippen molar-refractivity contribution in [3.63, 3.8) is 0 Å². The van der Waals surface area contributed by atoms with Crippen LogP contribution in [0.3, 0.4) is 0 Å². The Hall–Kier alpha value is -3.83. The number of hydrogen-bond donors (Lipinski definition) is 1. The second kappa shape index (κ2) is 7.19. The van der Waals surface area contributed by atoms with E-state index < -0.39 is 5.97 Å². The second-order valence-corrected chi connectivity index (χ2v) is 6.21. The van der Waals surface area contributed by atoms with Gasteiger partial charge in [-0.1, -0.05) is 72.5 Å². The van der Waals surface area contributed by atoms with Crippen LogP contribution in [0, 0.1) is 11.8 Å². The zero-order valence-corrected chi connectivity index (χ0v) is 14.5. The summed E-state index contributed by atoms with van der Waals surface area (Å²) in [4.78, 5) is 11.8. The minimum absolute atomic E-state index is 0.255. The van der Waals surface area contributed by atoms with Gasteiger partial charge in [0.05, 0.1) is 5.56 Å². The molecular weight excluding hydrogens is 332 g/mol. The first-order chi connectivity index (χ1) is 13.2. The summed E-state index contributed by atoms with van der Waals surface area (Å²) in [6.07, 6.45) is 0. The van der Waals surface area contributed by atoms with E-state index in [0.29, 0.717) is 11.1 Å². The third-order valence-corrected chi connectivity index (χ3v) is 4.45. The normalized spacial score (nSPS) is 10.2. The molecule has 0 fully saturated rings. The Kier molecular flexibility index (Phi) is 4.43. The fourth-order valence-corrected chi connectivity index (χ4v) is 3.15. The summed E-state index contributed by atoms with van der Waals surface area (Å²) in [5.41, 5.74) is 3.35. The van der Waals surface area contributed by atoms with Gasteiger partial charge in [-0.2, -0.15) is 0 Å². The van der Waals surface area contributed by atoms with Gasteiger partial charge >= 0.3 is 5.97 Å². The molecule has 2 nitrogen and oxygen atoms in total. The van der Waals surface area contributed by atoms with Crippen LogP contribution in [-0.4, -0.2) is 11.1 Å². The Morgan fingerprint density at radius 3 is 2.22 bits per heavy atom. The molecule has 4 aromatic carbocycles. The number of carboxylic acid groups (broad SMARTS) is 1. The Morgan fingerprint density at radius 1 is 0.704 bits per heavy atom. The van der Waals surface area contributed by atoms with Crippen molar-refractivity contribution < 1.29 is 9.90 Å². The van der Waals surface area contributed by atoms with Gasteiger partial charge in [-0.3, -0.25) is 0 Å². The van der Waals surface area contributed by atoms with Gasteiger partial charge in [0.2, 0.25) is 0 Å². The third-order valence-electron chi connectivity index (χ3n) is 4.45. The van der Waals surface area contributed by atoms with Crippen molar-refractivity contribution in [2.24, 2.45) is 0 Å². The number of fused-ring (bicyclic) bond motifs is 1. The minimum Gasteiger partial charge on any atom is -0.478 e. The lowest BCUT2D eigenvalue weighted by Crippen LogP contribution is -2.01. The quantitative estimate of drug-likeness (QED) is 0.478. The molecule has 0 bridgehead atoms. The SMILES string of the molecule is O=C(O)c1cccc(C#Cc2ccccc2)c1-c1ccc2ccccc2c1. The Labute approximate surface area is 157 Å². The van der Waals surface area contributed by atoms with Crippen LogP contribution < -0.4 is 0 Å². The van der Waals surface area contributed by atoms with E-state index in [9.17, 15) is 9.90 Å². The van der Waals surface area contributed by atoms with E-state index in [2.05, 4.69) is 11.8 Å². The molecule has 4 aromatic rings. The number of carbonyl (C=O) groups is 1. The molecular formula is C25H16O2. The molecule has 0 aliphatic rings. The van der Waals surface area contributed by atoms with Gasteiger partial charge in [-0.05, 0) is 46.7 Å². The van der Waals surface area contributed by atoms with E-state index in [-0.39, 0.29) is 5.56 Å². The molecule has 0 unspecified atom stereocenters. The average molecular weight is 348 g/mol. The Bertz CT molecular complexity index is 1200. The van der Waals surface area contributed by atoms with Crippen molar-refractivity contribution in [2.75, 3.05) is 0 Å². The summed E-state index contributed by atoms with van der Waals surface area (Å²) in [6.45, 7) is 0. The Balaban J connectivity index is 1.91. The molecule has 0 aliphatic heterocycles. The number of carboxylic acids is 1. The summed E-state index contributed by atoms with van der Waals surface area (Å²) in [5.74, 6) is 5.33. The minimum atomic E-state index is -0.957.